The average molecular weight is 437 g/mol. The van der Waals surface area contributed by atoms with E-state index in [9.17, 15) is 4.79 Å². The van der Waals surface area contributed by atoms with Gasteiger partial charge in [-0.1, -0.05) is 35.9 Å². The molecule has 6 heteroatoms. The Bertz CT molecular complexity index is 895. The Morgan fingerprint density at radius 1 is 1.06 bits per heavy atom. The Balaban J connectivity index is 1.14. The Morgan fingerprint density at radius 2 is 1.88 bits per heavy atom. The van der Waals surface area contributed by atoms with E-state index in [0.717, 1.165) is 64.3 Å². The first-order valence-electron chi connectivity index (χ1n) is 11.8. The van der Waals surface area contributed by atoms with Gasteiger partial charge in [0.1, 0.15) is 5.75 Å². The molecule has 0 bridgehead atoms. The lowest BCUT2D eigenvalue weighted by Crippen LogP contribution is -2.48. The van der Waals surface area contributed by atoms with Crippen LogP contribution in [0.4, 0.5) is 10.5 Å². The van der Waals surface area contributed by atoms with Crippen molar-refractivity contribution in [2.24, 2.45) is 5.92 Å². The van der Waals surface area contributed by atoms with Gasteiger partial charge in [-0.15, -0.1) is 0 Å². The molecule has 1 unspecified atom stereocenters. The number of ether oxygens (including phenoxy) is 1. The number of hydrogen-bond donors (Lipinski definition) is 2. The highest BCUT2D eigenvalue weighted by atomic mass is 16.5. The number of benzene rings is 2. The molecule has 2 aliphatic heterocycles. The lowest BCUT2D eigenvalue weighted by Gasteiger charge is -2.32. The number of anilines is 1. The number of urea groups is 1. The molecule has 0 spiro atoms. The van der Waals surface area contributed by atoms with Gasteiger partial charge in [0, 0.05) is 57.1 Å². The third-order valence-electron chi connectivity index (χ3n) is 6.67. The van der Waals surface area contributed by atoms with Crippen LogP contribution in [0, 0.1) is 12.8 Å². The topological polar surface area (TPSA) is 56.8 Å². The van der Waals surface area contributed by atoms with E-state index in [1.807, 2.05) is 12.1 Å². The number of hydrogen-bond acceptors (Lipinski definition) is 4. The number of likely N-dealkylation sites (tertiary alicyclic amines) is 1. The smallest absolute Gasteiger partial charge is 0.315 e. The van der Waals surface area contributed by atoms with Crippen LogP contribution in [0.2, 0.25) is 0 Å². The number of methoxy groups -OCH3 is 1. The number of nitrogens with one attached hydrogen (secondary N) is 2. The van der Waals surface area contributed by atoms with E-state index in [0.29, 0.717) is 5.92 Å². The van der Waals surface area contributed by atoms with Gasteiger partial charge in [0.15, 0.2) is 0 Å². The standard InChI is InChI=1S/C26H36N4O2/c1-20-5-3-6-21(15-20)18-29-12-10-23(11-13-29)28-26(31)27-17-22-9-14-30(19-22)24-7-4-8-25(16-24)32-2/h3-8,15-16,22-23H,9-14,17-19H2,1-2H3,(H2,27,28,31). The predicted molar refractivity (Wildman–Crippen MR) is 129 cm³/mol. The molecule has 2 aliphatic rings. The summed E-state index contributed by atoms with van der Waals surface area (Å²) in [5.74, 6) is 1.36. The second-order valence-corrected chi connectivity index (χ2v) is 9.20. The summed E-state index contributed by atoms with van der Waals surface area (Å²) in [4.78, 5) is 17.3. The minimum Gasteiger partial charge on any atom is -0.497 e. The van der Waals surface area contributed by atoms with Crippen molar-refractivity contribution in [1.29, 1.82) is 0 Å². The molecule has 2 aromatic rings. The molecule has 1 atom stereocenters. The minimum atomic E-state index is -0.0260. The molecule has 0 radical (unpaired) electrons. The van der Waals surface area contributed by atoms with Gasteiger partial charge < -0.3 is 20.3 Å². The van der Waals surface area contributed by atoms with Crippen LogP contribution in [-0.4, -0.2) is 56.8 Å². The van der Waals surface area contributed by atoms with E-state index in [4.69, 9.17) is 4.74 Å². The predicted octanol–water partition coefficient (Wildman–Crippen LogP) is 3.79. The Hall–Kier alpha value is -2.73. The highest BCUT2D eigenvalue weighted by molar-refractivity contribution is 5.74. The van der Waals surface area contributed by atoms with Crippen molar-refractivity contribution in [3.05, 3.63) is 59.7 Å². The van der Waals surface area contributed by atoms with E-state index in [-0.39, 0.29) is 12.1 Å². The third-order valence-corrected chi connectivity index (χ3v) is 6.67. The van der Waals surface area contributed by atoms with E-state index in [1.54, 1.807) is 7.11 Å². The average Bonchev–Trinajstić information content (AvgIpc) is 3.28. The van der Waals surface area contributed by atoms with Gasteiger partial charge >= 0.3 is 6.03 Å². The fraction of sp³-hybridized carbons (Fsp3) is 0.500. The number of nitrogens with zero attached hydrogens (tertiary/aromatic N) is 2. The first-order chi connectivity index (χ1) is 15.6. The lowest BCUT2D eigenvalue weighted by atomic mass is 10.0. The molecule has 2 saturated heterocycles. The second kappa shape index (κ2) is 10.7. The molecule has 0 saturated carbocycles. The highest BCUT2D eigenvalue weighted by Gasteiger charge is 2.25. The Morgan fingerprint density at radius 3 is 2.66 bits per heavy atom. The summed E-state index contributed by atoms with van der Waals surface area (Å²) in [6.07, 6.45) is 3.10. The fourth-order valence-electron chi connectivity index (χ4n) is 4.82. The molecular weight excluding hydrogens is 400 g/mol. The van der Waals surface area contributed by atoms with Gasteiger partial charge in [0.05, 0.1) is 7.11 Å². The number of rotatable bonds is 7. The number of aryl methyl sites for hydroxylation is 1. The van der Waals surface area contributed by atoms with E-state index in [1.165, 1.54) is 16.8 Å². The van der Waals surface area contributed by atoms with Crippen molar-refractivity contribution >= 4 is 11.7 Å². The van der Waals surface area contributed by atoms with E-state index < -0.39 is 0 Å². The number of amides is 2. The monoisotopic (exact) mass is 436 g/mol. The molecule has 0 aliphatic carbocycles. The second-order valence-electron chi connectivity index (χ2n) is 9.20. The number of carbonyl (C=O) groups is 1. The quantitative estimate of drug-likeness (QED) is 0.693. The van der Waals surface area contributed by atoms with Gasteiger partial charge in [-0.3, -0.25) is 4.90 Å². The summed E-state index contributed by atoms with van der Waals surface area (Å²) in [5, 5.41) is 6.30. The molecule has 0 aromatic heterocycles. The number of piperidine rings is 1. The molecule has 2 N–H and O–H groups in total. The van der Waals surface area contributed by atoms with Crippen molar-refractivity contribution in [3.8, 4) is 5.75 Å². The van der Waals surface area contributed by atoms with Crippen molar-refractivity contribution < 1.29 is 9.53 Å². The zero-order chi connectivity index (χ0) is 22.3. The van der Waals surface area contributed by atoms with Crippen molar-refractivity contribution in [1.82, 2.24) is 15.5 Å². The highest BCUT2D eigenvalue weighted by Crippen LogP contribution is 2.26. The Labute approximate surface area is 191 Å². The summed E-state index contributed by atoms with van der Waals surface area (Å²) < 4.78 is 5.34. The molecule has 4 rings (SSSR count). The van der Waals surface area contributed by atoms with Gasteiger partial charge in [0.2, 0.25) is 0 Å². The molecule has 2 fully saturated rings. The van der Waals surface area contributed by atoms with Crippen LogP contribution in [-0.2, 0) is 6.54 Å². The van der Waals surface area contributed by atoms with Gasteiger partial charge in [-0.05, 0) is 49.8 Å². The molecule has 2 amide bonds. The Kier molecular flexibility index (Phi) is 7.53. The van der Waals surface area contributed by atoms with Crippen LogP contribution < -0.4 is 20.3 Å². The van der Waals surface area contributed by atoms with Gasteiger partial charge in [-0.25, -0.2) is 4.79 Å². The zero-order valence-corrected chi connectivity index (χ0v) is 19.3. The molecule has 172 valence electrons. The molecule has 2 aromatic carbocycles. The third kappa shape index (κ3) is 6.16. The zero-order valence-electron chi connectivity index (χ0n) is 19.3. The maximum atomic E-state index is 12.4. The normalized spacial score (nSPS) is 19.7. The van der Waals surface area contributed by atoms with Crippen LogP contribution in [0.15, 0.2) is 48.5 Å². The molecular formula is C26H36N4O2. The maximum absolute atomic E-state index is 12.4. The van der Waals surface area contributed by atoms with Crippen molar-refractivity contribution in [2.45, 2.75) is 38.8 Å². The first kappa shape index (κ1) is 22.5. The fourth-order valence-corrected chi connectivity index (χ4v) is 4.82. The number of carbonyl (C=O) groups excluding carboxylic acids is 1. The van der Waals surface area contributed by atoms with Gasteiger partial charge in [-0.2, -0.15) is 0 Å². The largest absolute Gasteiger partial charge is 0.497 e. The van der Waals surface area contributed by atoms with Crippen LogP contribution in [0.5, 0.6) is 5.75 Å². The van der Waals surface area contributed by atoms with E-state index in [2.05, 4.69) is 63.8 Å². The SMILES string of the molecule is COc1cccc(N2CCC(CNC(=O)NC3CCN(Cc4cccc(C)c4)CC3)C2)c1. The van der Waals surface area contributed by atoms with Crippen LogP contribution in [0.1, 0.15) is 30.4 Å². The lowest BCUT2D eigenvalue weighted by molar-refractivity contribution is 0.186. The minimum absolute atomic E-state index is 0.0260. The van der Waals surface area contributed by atoms with Crippen LogP contribution >= 0.6 is 0 Å². The van der Waals surface area contributed by atoms with Gasteiger partial charge in [0.25, 0.3) is 0 Å². The summed E-state index contributed by atoms with van der Waals surface area (Å²) in [5.41, 5.74) is 3.87. The molecule has 32 heavy (non-hydrogen) atoms. The van der Waals surface area contributed by atoms with Crippen molar-refractivity contribution in [3.63, 3.8) is 0 Å². The van der Waals surface area contributed by atoms with Crippen LogP contribution in [0.3, 0.4) is 0 Å². The summed E-state index contributed by atoms with van der Waals surface area (Å²) in [6.45, 7) is 7.88. The van der Waals surface area contributed by atoms with Crippen molar-refractivity contribution in [2.75, 3.05) is 44.7 Å². The summed E-state index contributed by atoms with van der Waals surface area (Å²) in [7, 11) is 1.70. The van der Waals surface area contributed by atoms with Crippen LogP contribution in [0.25, 0.3) is 0 Å². The first-order valence-corrected chi connectivity index (χ1v) is 11.8. The maximum Gasteiger partial charge on any atom is 0.315 e. The molecule has 2 heterocycles. The summed E-state index contributed by atoms with van der Waals surface area (Å²) >= 11 is 0. The molecule has 6 nitrogen and oxygen atoms in total. The summed E-state index contributed by atoms with van der Waals surface area (Å²) in [6, 6.07) is 17.2. The van der Waals surface area contributed by atoms with E-state index >= 15 is 0 Å².